The predicted molar refractivity (Wildman–Crippen MR) is 463 cm³/mol. The van der Waals surface area contributed by atoms with Crippen LogP contribution in [0.5, 0.6) is 5.75 Å². The summed E-state index contributed by atoms with van der Waals surface area (Å²) in [6, 6.07) is 6.63. The fourth-order valence-electron chi connectivity index (χ4n) is 17.1. The van der Waals surface area contributed by atoms with Crippen LogP contribution in [0, 0.1) is 41.4 Å². The number of amides is 4. The Balaban J connectivity index is 0.592. The van der Waals surface area contributed by atoms with Gasteiger partial charge in [-0.05, 0) is 145 Å². The third kappa shape index (κ3) is 29.8. The minimum Gasteiger partial charge on any atom is -0.495 e. The summed E-state index contributed by atoms with van der Waals surface area (Å²) in [6.45, 7) is 17.5. The first kappa shape index (κ1) is 100. The van der Waals surface area contributed by atoms with E-state index in [9.17, 15) is 53.7 Å². The average Bonchev–Trinajstić information content (AvgIpc) is 1.65. The maximum atomic E-state index is 14.7. The first-order valence-corrected chi connectivity index (χ1v) is 44.6. The lowest BCUT2D eigenvalue weighted by Gasteiger charge is -2.42. The molecule has 5 aliphatic rings. The van der Waals surface area contributed by atoms with Crippen LogP contribution in [0.2, 0.25) is 0 Å². The van der Waals surface area contributed by atoms with Gasteiger partial charge in [0.1, 0.15) is 65.4 Å². The molecule has 34 heteroatoms. The Morgan fingerprint density at radius 2 is 1.37 bits per heavy atom. The van der Waals surface area contributed by atoms with E-state index in [0.717, 1.165) is 51.5 Å². The zero-order valence-corrected chi connectivity index (χ0v) is 74.6. The summed E-state index contributed by atoms with van der Waals surface area (Å²) in [5.41, 5.74) is 10.4. The van der Waals surface area contributed by atoms with Crippen LogP contribution < -0.4 is 26.4 Å². The molecule has 4 amide bonds. The Kier molecular flexibility index (Phi) is 41.3. The second kappa shape index (κ2) is 51.5. The summed E-state index contributed by atoms with van der Waals surface area (Å²) in [4.78, 5) is 124. The normalized spacial score (nSPS) is 28.5. The monoisotopic (exact) mass is 1750 g/mol. The van der Waals surface area contributed by atoms with Crippen LogP contribution in [0.3, 0.4) is 0 Å². The van der Waals surface area contributed by atoms with Crippen molar-refractivity contribution in [1.82, 2.24) is 45.4 Å². The fraction of sp³-hybridized carbons (Fsp3) is 0.681. The van der Waals surface area contributed by atoms with Crippen LogP contribution in [0.25, 0.3) is 27.8 Å². The highest BCUT2D eigenvalue weighted by Gasteiger charge is 2.53. The predicted octanol–water partition coefficient (Wildman–Crippen LogP) is 8.15. The number of allylic oxidation sites excluding steroid dienone is 6. The van der Waals surface area contributed by atoms with Gasteiger partial charge in [-0.25, -0.2) is 24.1 Å². The van der Waals surface area contributed by atoms with Gasteiger partial charge in [0, 0.05) is 94.6 Å². The number of hydrogen-bond acceptors (Lipinski definition) is 28. The highest BCUT2D eigenvalue weighted by atomic mass is 16.6. The van der Waals surface area contributed by atoms with E-state index in [2.05, 4.69) is 31.0 Å². The van der Waals surface area contributed by atoms with Crippen molar-refractivity contribution >= 4 is 69.4 Å². The molecule has 694 valence electrons. The summed E-state index contributed by atoms with van der Waals surface area (Å²) in [5, 5.41) is 48.7. The minimum absolute atomic E-state index is 0.00570. The van der Waals surface area contributed by atoms with E-state index < -0.39 is 108 Å². The van der Waals surface area contributed by atoms with Gasteiger partial charge < -0.3 is 108 Å². The van der Waals surface area contributed by atoms with Gasteiger partial charge in [-0.1, -0.05) is 83.2 Å². The maximum absolute atomic E-state index is 14.7. The molecule has 4 fully saturated rings. The number of nitrogens with two attached hydrogens (primary N) is 1. The van der Waals surface area contributed by atoms with Crippen LogP contribution in [-0.2, 0) is 90.4 Å². The minimum atomic E-state index is -2.49. The number of aromatic nitrogens is 5. The number of carbonyl (C=O) groups is 8. The van der Waals surface area contributed by atoms with Gasteiger partial charge in [0.2, 0.25) is 17.6 Å². The van der Waals surface area contributed by atoms with E-state index in [4.69, 9.17) is 72.3 Å². The number of para-hydroxylation sites is 1. The van der Waals surface area contributed by atoms with Crippen molar-refractivity contribution in [1.29, 1.82) is 0 Å². The number of fused-ring (bicyclic) bond motifs is 5. The second-order valence-electron chi connectivity index (χ2n) is 33.7. The molecule has 9 rings (SSSR count). The van der Waals surface area contributed by atoms with Gasteiger partial charge >= 0.3 is 12.1 Å². The van der Waals surface area contributed by atoms with Crippen LogP contribution in [-0.4, -0.2) is 286 Å². The van der Waals surface area contributed by atoms with Gasteiger partial charge in [0.15, 0.2) is 11.6 Å². The van der Waals surface area contributed by atoms with E-state index >= 15 is 0 Å². The van der Waals surface area contributed by atoms with Gasteiger partial charge in [-0.3, -0.25) is 28.8 Å². The van der Waals surface area contributed by atoms with Crippen LogP contribution in [0.1, 0.15) is 169 Å². The van der Waals surface area contributed by atoms with E-state index in [1.165, 1.54) is 26.4 Å². The Morgan fingerprint density at radius 1 is 0.712 bits per heavy atom. The number of aliphatic hydroxyl groups is 3. The number of rotatable bonds is 37. The number of aromatic amines is 1. The van der Waals surface area contributed by atoms with Crippen molar-refractivity contribution in [2.75, 3.05) is 146 Å². The molecule has 34 nitrogen and oxygen atoms in total. The van der Waals surface area contributed by atoms with Gasteiger partial charge in [0.05, 0.1) is 129 Å². The number of methoxy groups -OCH3 is 3. The molecule has 15 atom stereocenters. The van der Waals surface area contributed by atoms with Crippen LogP contribution >= 0.6 is 0 Å². The molecular weight excluding hydrogens is 1620 g/mol. The zero-order valence-electron chi connectivity index (χ0n) is 74.6. The number of cyclic esters (lactones) is 1. The summed E-state index contributed by atoms with van der Waals surface area (Å²) in [7, 11) is 4.73. The SMILES string of the molecule is COc1cccc2cc(-c3nc([C@H]4CC[C@H](C(=O)NCCOCCOCCNC(=O)CCOCCOCCOCCOCCOCCNC(=O)O[C@@H]5CC[C@@H](C[C@@H](C)[C@@H]6CC(=O)[C@H](C)/C=C(\C)[C@@H](O)[C@@H](O)C(=O)[C@H](C)C[C@H](C)/C=C/C=C/C=C(\C)[C@@H](OC)C[C@@H]7CC[C@@H](C)[C@@](O)(O7)C(=O)C(=O)N7CCCC[C@H]7C(=O)O6)C[C@H]5OC)CC4)n4ncnc(N)c34)[nH]c12. The van der Waals surface area contributed by atoms with Crippen molar-refractivity contribution in [2.24, 2.45) is 41.4 Å². The lowest BCUT2D eigenvalue weighted by atomic mass is 9.78. The summed E-state index contributed by atoms with van der Waals surface area (Å²) in [5.74, 6) is -7.67. The van der Waals surface area contributed by atoms with E-state index in [0.29, 0.717) is 173 Å². The molecule has 2 saturated carbocycles. The number of ketones is 3. The maximum Gasteiger partial charge on any atom is 0.407 e. The molecule has 1 aromatic carbocycles. The van der Waals surface area contributed by atoms with E-state index in [-0.39, 0.29) is 105 Å². The number of aliphatic hydroxyl groups excluding tert-OH is 2. The number of esters is 1. The molecule has 2 bridgehead atoms. The fourth-order valence-corrected chi connectivity index (χ4v) is 17.1. The molecule has 9 N–H and O–H groups in total. The third-order valence-corrected chi connectivity index (χ3v) is 24.5. The number of anilines is 1. The molecule has 125 heavy (non-hydrogen) atoms. The lowest BCUT2D eigenvalue weighted by molar-refractivity contribution is -0.265. The summed E-state index contributed by atoms with van der Waals surface area (Å²) in [6.07, 6.45) is 12.5. The number of imidazole rings is 1. The number of nitrogens with zero attached hydrogens (tertiary/aromatic N) is 5. The number of Topliss-reactive ketones (excluding diaryl/α,β-unsaturated/α-hetero) is 3. The van der Waals surface area contributed by atoms with Crippen molar-refractivity contribution < 1.29 is 115 Å². The van der Waals surface area contributed by atoms with E-state index in [1.54, 1.807) is 39.5 Å². The number of alkyl carbamates (subject to hydrolysis) is 1. The molecule has 3 aliphatic heterocycles. The molecular formula is C91H136N10O24. The molecule has 0 unspecified atom stereocenters. The molecule has 2 saturated heterocycles. The molecule has 3 aromatic heterocycles. The molecule has 6 heterocycles. The average molecular weight is 1750 g/mol. The second-order valence-corrected chi connectivity index (χ2v) is 33.7. The smallest absolute Gasteiger partial charge is 0.407 e. The molecule has 4 aromatic rings. The molecule has 0 spiro atoms. The number of piperidine rings is 1. The molecule has 0 radical (unpaired) electrons. The van der Waals surface area contributed by atoms with Gasteiger partial charge in [-0.2, -0.15) is 5.10 Å². The number of nitrogens with one attached hydrogen (secondary N) is 4. The number of hydrogen-bond donors (Lipinski definition) is 8. The summed E-state index contributed by atoms with van der Waals surface area (Å²) >= 11 is 0. The largest absolute Gasteiger partial charge is 0.495 e. The topological polar surface area (TPSA) is 441 Å². The summed E-state index contributed by atoms with van der Waals surface area (Å²) < 4.78 is 76.8. The highest BCUT2D eigenvalue weighted by molar-refractivity contribution is 6.39. The molecule has 2 aliphatic carbocycles. The number of H-pyrrole nitrogens is 1. The van der Waals surface area contributed by atoms with Crippen molar-refractivity contribution in [2.45, 2.75) is 218 Å². The number of carbonyl (C=O) groups excluding carboxylic acids is 8. The Bertz CT molecular complexity index is 4240. The van der Waals surface area contributed by atoms with Gasteiger partial charge in [-0.15, -0.1) is 0 Å². The first-order valence-electron chi connectivity index (χ1n) is 44.6. The van der Waals surface area contributed by atoms with Crippen molar-refractivity contribution in [3.8, 4) is 17.1 Å². The number of nitrogen functional groups attached to an aromatic ring is 1. The third-order valence-electron chi connectivity index (χ3n) is 24.5. The van der Waals surface area contributed by atoms with Crippen LogP contribution in [0.15, 0.2) is 78.2 Å². The lowest BCUT2D eigenvalue weighted by Crippen LogP contribution is -2.61. The Labute approximate surface area is 733 Å². The first-order chi connectivity index (χ1) is 60.2. The number of benzene rings is 1. The quantitative estimate of drug-likeness (QED) is 0.00913. The zero-order chi connectivity index (χ0) is 90.0. The van der Waals surface area contributed by atoms with E-state index in [1.807, 2.05) is 75.4 Å². The Morgan fingerprint density at radius 3 is 2.03 bits per heavy atom. The van der Waals surface area contributed by atoms with Crippen LogP contribution in [0.4, 0.5) is 10.6 Å². The number of ether oxygens (including phenoxy) is 13. The standard InChI is InChI=1S/C91H136N10O24/c1-57-17-12-11-13-18-58(2)74(114-9)54-68-28-22-63(7)91(112,125-68)84(107)88(109)100-34-15-14-20-70(100)89(110)123-75(55-71(102)59(3)50-62(6)82(105)83(106)81(104)61(5)49-57)60(4)51-64-23-29-72(76(52-64)115-10)124-90(111)95-33-38-119-42-44-121-46-48-122-47-45-120-43-39-116-35-30-77(103)93-31-36-117-40-41-118-37-32-94-87(108)66-26-24-65(25-27-66)86-99-79(80-85(92)96-56-97-101(80)86)69-53-67-19-16-21-73(113-8)78(67)98-69/h11-13,16-19,21,50,53,56-57,59-61,63-66,68,70,72,74-76,82-83,98,105-106,112H,14-15,20,22-49,51-52,54-55H2,1-10H3,(H,93,103)(H,94,108)(H,95,111)(H2,92,96,97)/b13-11+,17-12+,58-18+,62-50+/t57-,59-,60-,61-,63-,64+,65-,66-,68+,70+,72-,74+,75+,76-,82-,83+,91-/m1/s1. The highest BCUT2D eigenvalue weighted by Crippen LogP contribution is 2.42. The van der Waals surface area contributed by atoms with Crippen molar-refractivity contribution in [3.05, 3.63) is 84.0 Å². The Hall–Kier alpha value is -8.49. The van der Waals surface area contributed by atoms with Gasteiger partial charge in [0.25, 0.3) is 11.7 Å². The van der Waals surface area contributed by atoms with Crippen molar-refractivity contribution in [3.63, 3.8) is 0 Å².